The van der Waals surface area contributed by atoms with Crippen LogP contribution in [-0.2, 0) is 4.74 Å². The molecule has 0 heterocycles. The summed E-state index contributed by atoms with van der Waals surface area (Å²) in [6, 6.07) is 0. The van der Waals surface area contributed by atoms with Gasteiger partial charge in [-0.3, -0.25) is 0 Å². The van der Waals surface area contributed by atoms with Gasteiger partial charge in [0.1, 0.15) is 6.61 Å². The van der Waals surface area contributed by atoms with Gasteiger partial charge < -0.3 is 15.2 Å². The zero-order valence-electron chi connectivity index (χ0n) is 9.21. The number of carbonyl (C=O) groups excluding carboxylic acids is 1. The minimum Gasteiger partial charge on any atom is -0.447 e. The van der Waals surface area contributed by atoms with Crippen molar-refractivity contribution in [3.63, 3.8) is 0 Å². The molecule has 88 valence electrons. The van der Waals surface area contributed by atoms with Gasteiger partial charge in [0, 0.05) is 6.54 Å². The minimum atomic E-state index is -0.417. The maximum atomic E-state index is 11.0. The van der Waals surface area contributed by atoms with Crippen LogP contribution in [0.25, 0.3) is 0 Å². The van der Waals surface area contributed by atoms with Gasteiger partial charge in [0.15, 0.2) is 0 Å². The summed E-state index contributed by atoms with van der Waals surface area (Å²) in [5.41, 5.74) is 0. The lowest BCUT2D eigenvalue weighted by molar-refractivity contribution is 0.118. The molecule has 0 aromatic carbocycles. The van der Waals surface area contributed by atoms with Crippen LogP contribution >= 0.6 is 0 Å². The monoisotopic (exact) mass is 215 g/mol. The number of rotatable bonds is 5. The minimum absolute atomic E-state index is 0.0786. The van der Waals surface area contributed by atoms with Crippen LogP contribution in [0.5, 0.6) is 0 Å². The highest BCUT2D eigenvalue weighted by atomic mass is 16.6. The predicted molar refractivity (Wildman–Crippen MR) is 57.6 cm³/mol. The van der Waals surface area contributed by atoms with E-state index in [1.165, 1.54) is 32.1 Å². The van der Waals surface area contributed by atoms with Crippen molar-refractivity contribution in [2.45, 2.75) is 38.5 Å². The fourth-order valence-corrected chi connectivity index (χ4v) is 2.04. The number of nitrogens with one attached hydrogen (secondary N) is 1. The lowest BCUT2D eigenvalue weighted by Crippen LogP contribution is -2.27. The number of aliphatic hydroxyl groups excluding tert-OH is 1. The van der Waals surface area contributed by atoms with Gasteiger partial charge in [0.25, 0.3) is 0 Å². The van der Waals surface area contributed by atoms with E-state index in [1.54, 1.807) is 0 Å². The van der Waals surface area contributed by atoms with Crippen molar-refractivity contribution in [2.75, 3.05) is 19.8 Å². The molecule has 1 amide bonds. The van der Waals surface area contributed by atoms with Crippen LogP contribution in [0.15, 0.2) is 0 Å². The van der Waals surface area contributed by atoms with E-state index in [9.17, 15) is 4.79 Å². The summed E-state index contributed by atoms with van der Waals surface area (Å²) in [4.78, 5) is 11.0. The largest absolute Gasteiger partial charge is 0.447 e. The molecule has 1 rings (SSSR count). The molecular weight excluding hydrogens is 194 g/mol. The van der Waals surface area contributed by atoms with Gasteiger partial charge in [-0.15, -0.1) is 0 Å². The summed E-state index contributed by atoms with van der Waals surface area (Å²) in [7, 11) is 0. The highest BCUT2D eigenvalue weighted by molar-refractivity contribution is 5.66. The smallest absolute Gasteiger partial charge is 0.407 e. The van der Waals surface area contributed by atoms with E-state index in [0.29, 0.717) is 6.54 Å². The summed E-state index contributed by atoms with van der Waals surface area (Å²) in [6.07, 6.45) is 7.26. The van der Waals surface area contributed by atoms with Crippen molar-refractivity contribution in [3.05, 3.63) is 0 Å². The Bertz CT molecular complexity index is 179. The first kappa shape index (κ1) is 12.3. The molecule has 0 aliphatic heterocycles. The average molecular weight is 215 g/mol. The van der Waals surface area contributed by atoms with Crippen LogP contribution in [0.4, 0.5) is 4.79 Å². The molecule has 4 heteroatoms. The molecule has 0 bridgehead atoms. The third kappa shape index (κ3) is 5.62. The number of carbonyl (C=O) groups is 1. The van der Waals surface area contributed by atoms with Crippen LogP contribution < -0.4 is 5.32 Å². The molecule has 0 atom stereocenters. The predicted octanol–water partition coefficient (Wildman–Crippen LogP) is 1.68. The first-order valence-corrected chi connectivity index (χ1v) is 5.84. The third-order valence-corrected chi connectivity index (χ3v) is 2.87. The SMILES string of the molecule is O=C(NCCC1CCCCC1)OCCO. The molecule has 0 aromatic heterocycles. The first-order chi connectivity index (χ1) is 7.33. The Morgan fingerprint density at radius 1 is 1.33 bits per heavy atom. The Morgan fingerprint density at radius 2 is 2.07 bits per heavy atom. The van der Waals surface area contributed by atoms with Gasteiger partial charge in [-0.1, -0.05) is 32.1 Å². The van der Waals surface area contributed by atoms with E-state index in [2.05, 4.69) is 10.1 Å². The summed E-state index contributed by atoms with van der Waals surface area (Å²) in [5.74, 6) is 0.775. The Kier molecular flexibility index (Phi) is 6.16. The highest BCUT2D eigenvalue weighted by Crippen LogP contribution is 2.25. The number of aliphatic hydroxyl groups is 1. The summed E-state index contributed by atoms with van der Waals surface area (Å²) < 4.78 is 4.68. The van der Waals surface area contributed by atoms with E-state index < -0.39 is 6.09 Å². The van der Waals surface area contributed by atoms with Crippen LogP contribution in [0.2, 0.25) is 0 Å². The third-order valence-electron chi connectivity index (χ3n) is 2.87. The number of hydrogen-bond acceptors (Lipinski definition) is 3. The molecule has 0 unspecified atom stereocenters. The van der Waals surface area contributed by atoms with Crippen LogP contribution in [0.3, 0.4) is 0 Å². The van der Waals surface area contributed by atoms with E-state index >= 15 is 0 Å². The van der Waals surface area contributed by atoms with Crippen LogP contribution in [0.1, 0.15) is 38.5 Å². The maximum Gasteiger partial charge on any atom is 0.407 e. The first-order valence-electron chi connectivity index (χ1n) is 5.84. The van der Waals surface area contributed by atoms with Crippen molar-refractivity contribution >= 4 is 6.09 Å². The zero-order chi connectivity index (χ0) is 10.9. The Labute approximate surface area is 91.0 Å². The van der Waals surface area contributed by atoms with Gasteiger partial charge in [-0.2, -0.15) is 0 Å². The van der Waals surface area contributed by atoms with Crippen molar-refractivity contribution in [1.29, 1.82) is 0 Å². The van der Waals surface area contributed by atoms with Crippen molar-refractivity contribution in [1.82, 2.24) is 5.32 Å². The van der Waals surface area contributed by atoms with E-state index in [4.69, 9.17) is 5.11 Å². The molecule has 0 spiro atoms. The summed E-state index contributed by atoms with van der Waals surface area (Å²) >= 11 is 0. The van der Waals surface area contributed by atoms with Crippen molar-refractivity contribution in [2.24, 2.45) is 5.92 Å². The molecule has 1 fully saturated rings. The average Bonchev–Trinajstić information content (AvgIpc) is 2.28. The molecule has 1 aliphatic carbocycles. The van der Waals surface area contributed by atoms with E-state index in [1.807, 2.05) is 0 Å². The lowest BCUT2D eigenvalue weighted by Gasteiger charge is -2.21. The summed E-state index contributed by atoms with van der Waals surface area (Å²) in [5, 5.41) is 11.1. The standard InChI is InChI=1S/C11H21NO3/c13-8-9-15-11(14)12-7-6-10-4-2-1-3-5-10/h10,13H,1-9H2,(H,12,14). The Morgan fingerprint density at radius 3 is 2.73 bits per heavy atom. The second-order valence-corrected chi connectivity index (χ2v) is 4.08. The lowest BCUT2D eigenvalue weighted by atomic mass is 9.87. The number of amides is 1. The second-order valence-electron chi connectivity index (χ2n) is 4.08. The maximum absolute atomic E-state index is 11.0. The Hall–Kier alpha value is -0.770. The van der Waals surface area contributed by atoms with E-state index in [0.717, 1.165) is 12.3 Å². The normalized spacial score (nSPS) is 17.4. The second kappa shape index (κ2) is 7.51. The molecule has 0 radical (unpaired) electrons. The number of ether oxygens (including phenoxy) is 1. The van der Waals surface area contributed by atoms with Gasteiger partial charge in [0.05, 0.1) is 6.61 Å². The highest BCUT2D eigenvalue weighted by Gasteiger charge is 2.13. The molecular formula is C11H21NO3. The molecule has 2 N–H and O–H groups in total. The van der Waals surface area contributed by atoms with Gasteiger partial charge in [-0.25, -0.2) is 4.79 Å². The van der Waals surface area contributed by atoms with Gasteiger partial charge in [0.2, 0.25) is 0 Å². The van der Waals surface area contributed by atoms with Gasteiger partial charge in [-0.05, 0) is 12.3 Å². The number of hydrogen-bond donors (Lipinski definition) is 2. The van der Waals surface area contributed by atoms with Crippen LogP contribution in [-0.4, -0.2) is 31.0 Å². The van der Waals surface area contributed by atoms with Crippen LogP contribution in [0, 0.1) is 5.92 Å². The van der Waals surface area contributed by atoms with E-state index in [-0.39, 0.29) is 13.2 Å². The molecule has 0 saturated heterocycles. The fraction of sp³-hybridized carbons (Fsp3) is 0.909. The Balaban J connectivity index is 1.97. The molecule has 1 saturated carbocycles. The summed E-state index contributed by atoms with van der Waals surface area (Å²) in [6.45, 7) is 0.653. The molecule has 15 heavy (non-hydrogen) atoms. The molecule has 0 aromatic rings. The fourth-order valence-electron chi connectivity index (χ4n) is 2.04. The quantitative estimate of drug-likeness (QED) is 0.733. The molecule has 1 aliphatic rings. The van der Waals surface area contributed by atoms with Crippen molar-refractivity contribution in [3.8, 4) is 0 Å². The topological polar surface area (TPSA) is 58.6 Å². The van der Waals surface area contributed by atoms with Crippen molar-refractivity contribution < 1.29 is 14.6 Å². The van der Waals surface area contributed by atoms with Gasteiger partial charge >= 0.3 is 6.09 Å². The zero-order valence-corrected chi connectivity index (χ0v) is 9.21. The molecule has 4 nitrogen and oxygen atoms in total. The number of alkyl carbamates (subject to hydrolysis) is 1.